The Morgan fingerprint density at radius 2 is 1.73 bits per heavy atom. The molecule has 2 N–H and O–H groups in total. The highest BCUT2D eigenvalue weighted by molar-refractivity contribution is 5.87. The van der Waals surface area contributed by atoms with Gasteiger partial charge in [-0.3, -0.25) is 4.98 Å². The van der Waals surface area contributed by atoms with Gasteiger partial charge in [-0.2, -0.15) is 0 Å². The Morgan fingerprint density at radius 1 is 1.00 bits per heavy atom. The van der Waals surface area contributed by atoms with Crippen molar-refractivity contribution in [1.82, 2.24) is 10.3 Å². The number of pyridine rings is 1. The topological polar surface area (TPSA) is 54.4 Å². The number of aliphatic hydroxyl groups excluding tert-OH is 1. The number of aromatic nitrogens is 1. The van der Waals surface area contributed by atoms with Crippen molar-refractivity contribution in [2.24, 2.45) is 0 Å². The molecule has 0 unspecified atom stereocenters. The molecule has 1 aromatic heterocycles. The van der Waals surface area contributed by atoms with Crippen molar-refractivity contribution in [2.75, 3.05) is 6.54 Å². The number of nitrogens with one attached hydrogen (secondary N) is 1. The maximum Gasteiger partial charge on any atom is 0.146 e. The van der Waals surface area contributed by atoms with Crippen LogP contribution in [0.15, 0.2) is 60.8 Å². The molecular formula is C32H35FN2O2. The number of hydrogen-bond donors (Lipinski definition) is 2. The van der Waals surface area contributed by atoms with Crippen LogP contribution in [0.5, 0.6) is 5.75 Å². The van der Waals surface area contributed by atoms with Crippen molar-refractivity contribution in [1.29, 1.82) is 0 Å². The summed E-state index contributed by atoms with van der Waals surface area (Å²) in [6.45, 7) is 7.10. The molecule has 0 saturated carbocycles. The number of aryl methyl sites for hydroxylation is 3. The molecule has 0 saturated heterocycles. The van der Waals surface area contributed by atoms with E-state index in [0.29, 0.717) is 23.9 Å². The predicted octanol–water partition coefficient (Wildman–Crippen LogP) is 6.18. The van der Waals surface area contributed by atoms with Crippen LogP contribution < -0.4 is 10.1 Å². The summed E-state index contributed by atoms with van der Waals surface area (Å²) in [4.78, 5) is 4.54. The molecule has 0 fully saturated rings. The van der Waals surface area contributed by atoms with Crippen LogP contribution in [0.25, 0.3) is 10.9 Å². The van der Waals surface area contributed by atoms with Crippen molar-refractivity contribution in [3.05, 3.63) is 106 Å². The Hall–Kier alpha value is -3.28. The molecule has 0 bridgehead atoms. The molecular weight excluding hydrogens is 463 g/mol. The fourth-order valence-corrected chi connectivity index (χ4v) is 5.49. The predicted molar refractivity (Wildman–Crippen MR) is 147 cm³/mol. The van der Waals surface area contributed by atoms with E-state index in [1.165, 1.54) is 34.4 Å². The molecule has 3 aromatic carbocycles. The van der Waals surface area contributed by atoms with Crippen LogP contribution >= 0.6 is 0 Å². The molecule has 5 rings (SSSR count). The minimum atomic E-state index is -0.674. The fraction of sp³-hybridized carbons (Fsp3) is 0.344. The molecule has 0 spiro atoms. The zero-order valence-electron chi connectivity index (χ0n) is 21.9. The first kappa shape index (κ1) is 25.4. The minimum Gasteiger partial charge on any atom is -0.487 e. The van der Waals surface area contributed by atoms with Gasteiger partial charge in [0.15, 0.2) is 0 Å². The molecule has 1 atom stereocenters. The first-order valence-corrected chi connectivity index (χ1v) is 13.3. The zero-order valence-corrected chi connectivity index (χ0v) is 21.9. The lowest BCUT2D eigenvalue weighted by molar-refractivity contribution is 0.171. The third-order valence-corrected chi connectivity index (χ3v) is 7.64. The van der Waals surface area contributed by atoms with Crippen molar-refractivity contribution >= 4 is 10.9 Å². The summed E-state index contributed by atoms with van der Waals surface area (Å²) in [5.74, 6) is 0.341. The van der Waals surface area contributed by atoms with Crippen molar-refractivity contribution in [2.45, 2.75) is 65.2 Å². The van der Waals surface area contributed by atoms with Gasteiger partial charge in [0.2, 0.25) is 0 Å². The minimum absolute atomic E-state index is 0.250. The molecule has 5 heteroatoms. The number of nitrogens with zero attached hydrogens (tertiary/aromatic N) is 1. The average Bonchev–Trinajstić information content (AvgIpc) is 3.32. The molecule has 1 heterocycles. The maximum atomic E-state index is 13.7. The van der Waals surface area contributed by atoms with E-state index in [-0.39, 0.29) is 12.4 Å². The normalized spacial score (nSPS) is 14.2. The van der Waals surface area contributed by atoms with Crippen LogP contribution in [0, 0.1) is 12.7 Å². The molecule has 37 heavy (non-hydrogen) atoms. The second-order valence-corrected chi connectivity index (χ2v) is 10.0. The van der Waals surface area contributed by atoms with Gasteiger partial charge in [0.1, 0.15) is 23.7 Å². The first-order chi connectivity index (χ1) is 18.0. The Balaban J connectivity index is 1.28. The van der Waals surface area contributed by atoms with Gasteiger partial charge in [-0.15, -0.1) is 0 Å². The maximum absolute atomic E-state index is 13.7. The third kappa shape index (κ3) is 5.39. The Labute approximate surface area is 218 Å². The van der Waals surface area contributed by atoms with Gasteiger partial charge >= 0.3 is 0 Å². The van der Waals surface area contributed by atoms with Crippen LogP contribution in [0.4, 0.5) is 4.39 Å². The highest BCUT2D eigenvalue weighted by Gasteiger charge is 2.24. The summed E-state index contributed by atoms with van der Waals surface area (Å²) in [5, 5.41) is 15.6. The number of halogens is 1. The zero-order chi connectivity index (χ0) is 25.9. The van der Waals surface area contributed by atoms with E-state index in [9.17, 15) is 9.50 Å². The van der Waals surface area contributed by atoms with E-state index in [1.807, 2.05) is 31.2 Å². The van der Waals surface area contributed by atoms with E-state index >= 15 is 0 Å². The van der Waals surface area contributed by atoms with Gasteiger partial charge in [-0.1, -0.05) is 44.2 Å². The van der Waals surface area contributed by atoms with Crippen LogP contribution in [0.3, 0.4) is 0 Å². The SMILES string of the molecule is CCc1cc2c(cc1CC)CC(NC[C@@H](O)c1ccc(OCc3cc(F)ccc3C)c3ncccc13)C2. The molecule has 4 nitrogen and oxygen atoms in total. The highest BCUT2D eigenvalue weighted by Crippen LogP contribution is 2.32. The summed E-state index contributed by atoms with van der Waals surface area (Å²) < 4.78 is 19.8. The monoisotopic (exact) mass is 498 g/mol. The van der Waals surface area contributed by atoms with Crippen LogP contribution in [-0.4, -0.2) is 22.7 Å². The van der Waals surface area contributed by atoms with Crippen LogP contribution in [0.1, 0.15) is 58.9 Å². The number of aliphatic hydroxyl groups is 1. The number of ether oxygens (including phenoxy) is 1. The molecule has 0 aliphatic heterocycles. The lowest BCUT2D eigenvalue weighted by atomic mass is 9.97. The Morgan fingerprint density at radius 3 is 2.43 bits per heavy atom. The molecule has 192 valence electrons. The fourth-order valence-electron chi connectivity index (χ4n) is 5.49. The van der Waals surface area contributed by atoms with Gasteiger partial charge < -0.3 is 15.2 Å². The lowest BCUT2D eigenvalue weighted by Gasteiger charge is -2.19. The van der Waals surface area contributed by atoms with Gasteiger partial charge in [-0.05, 0) is 95.8 Å². The molecule has 1 aliphatic rings. The van der Waals surface area contributed by atoms with E-state index in [1.54, 1.807) is 12.3 Å². The van der Waals surface area contributed by atoms with Gasteiger partial charge in [0.25, 0.3) is 0 Å². The van der Waals surface area contributed by atoms with E-state index in [4.69, 9.17) is 4.74 Å². The summed E-state index contributed by atoms with van der Waals surface area (Å²) in [5.41, 5.74) is 9.07. The van der Waals surface area contributed by atoms with E-state index in [0.717, 1.165) is 47.8 Å². The average molecular weight is 499 g/mol. The van der Waals surface area contributed by atoms with Crippen molar-refractivity contribution < 1.29 is 14.2 Å². The quantitative estimate of drug-likeness (QED) is 0.290. The Bertz CT molecular complexity index is 1380. The molecule has 1 aliphatic carbocycles. The van der Waals surface area contributed by atoms with Crippen LogP contribution in [-0.2, 0) is 32.3 Å². The highest BCUT2D eigenvalue weighted by atomic mass is 19.1. The molecule has 4 aromatic rings. The number of rotatable bonds is 9. The second-order valence-electron chi connectivity index (χ2n) is 10.0. The first-order valence-electron chi connectivity index (χ1n) is 13.3. The summed E-state index contributed by atoms with van der Waals surface area (Å²) in [6, 6.07) is 17.4. The van der Waals surface area contributed by atoms with Gasteiger partial charge in [0, 0.05) is 24.2 Å². The standard InChI is InChI=1S/C32H35FN2O2/c1-4-21-13-23-16-27(17-24(23)14-22(21)5-2)35-18-30(36)28-10-11-31(32-29(28)7-6-12-34-32)37-19-25-15-26(33)9-8-20(25)3/h6-15,27,30,35-36H,4-5,16-19H2,1-3H3/t30-/m1/s1. The van der Waals surface area contributed by atoms with Crippen molar-refractivity contribution in [3.63, 3.8) is 0 Å². The summed E-state index contributed by atoms with van der Waals surface area (Å²) >= 11 is 0. The molecule has 0 amide bonds. The summed E-state index contributed by atoms with van der Waals surface area (Å²) in [6.07, 6.45) is 5.17. The molecule has 0 radical (unpaired) electrons. The van der Waals surface area contributed by atoms with E-state index < -0.39 is 6.10 Å². The van der Waals surface area contributed by atoms with Gasteiger partial charge in [0.05, 0.1) is 6.10 Å². The lowest BCUT2D eigenvalue weighted by Crippen LogP contribution is -2.33. The van der Waals surface area contributed by atoms with Crippen molar-refractivity contribution in [3.8, 4) is 5.75 Å². The number of benzene rings is 3. The third-order valence-electron chi connectivity index (χ3n) is 7.64. The smallest absolute Gasteiger partial charge is 0.146 e. The number of fused-ring (bicyclic) bond motifs is 2. The largest absolute Gasteiger partial charge is 0.487 e. The summed E-state index contributed by atoms with van der Waals surface area (Å²) in [7, 11) is 0. The van der Waals surface area contributed by atoms with E-state index in [2.05, 4.69) is 36.3 Å². The van der Waals surface area contributed by atoms with Gasteiger partial charge in [-0.25, -0.2) is 4.39 Å². The van der Waals surface area contributed by atoms with Crippen LogP contribution in [0.2, 0.25) is 0 Å². The number of hydrogen-bond acceptors (Lipinski definition) is 4. The second kappa shape index (κ2) is 11.0. The Kier molecular flexibility index (Phi) is 7.54.